The van der Waals surface area contributed by atoms with Gasteiger partial charge >= 0.3 is 0 Å². The first-order chi connectivity index (χ1) is 49.5. The summed E-state index contributed by atoms with van der Waals surface area (Å²) >= 11 is 7.42. The Bertz CT molecular complexity index is 6150. The molecule has 0 bridgehead atoms. The Kier molecular flexibility index (Phi) is 15.0. The molecule has 14 aromatic carbocycles. The van der Waals surface area contributed by atoms with Gasteiger partial charge in [0.1, 0.15) is 0 Å². The lowest BCUT2D eigenvalue weighted by Crippen LogP contribution is -1.97. The van der Waals surface area contributed by atoms with E-state index in [9.17, 15) is 0 Å². The Balaban J connectivity index is 0.000000139. The average Bonchev–Trinajstić information content (AvgIpc) is 1.57. The normalized spacial score (nSPS) is 11.6. The van der Waals surface area contributed by atoms with Crippen molar-refractivity contribution in [2.75, 3.05) is 0 Å². The number of nitrogens with zero attached hydrogens (tertiary/aromatic N) is 4. The van der Waals surface area contributed by atoms with Gasteiger partial charge in [0.15, 0.2) is 11.6 Å². The monoisotopic (exact) mass is 1340 g/mol. The number of benzene rings is 14. The number of thiophene rings is 4. The summed E-state index contributed by atoms with van der Waals surface area (Å²) in [5.74, 6) is 1.41. The van der Waals surface area contributed by atoms with Crippen molar-refractivity contribution < 1.29 is 0 Å². The number of hydrogen-bond acceptors (Lipinski definition) is 8. The van der Waals surface area contributed by atoms with Gasteiger partial charge in [-0.25, -0.2) is 19.9 Å². The highest BCUT2D eigenvalue weighted by Gasteiger charge is 2.21. The second kappa shape index (κ2) is 25.2. The van der Waals surface area contributed by atoms with Crippen molar-refractivity contribution in [3.63, 3.8) is 0 Å². The fourth-order valence-corrected chi connectivity index (χ4v) is 18.7. The molecular formula is C92H56N4S4. The predicted octanol–water partition coefficient (Wildman–Crippen LogP) is 27.1. The molecule has 0 radical (unpaired) electrons. The van der Waals surface area contributed by atoms with E-state index in [1.807, 2.05) is 69.6 Å². The topological polar surface area (TPSA) is 51.6 Å². The maximum atomic E-state index is 5.26. The lowest BCUT2D eigenvalue weighted by Gasteiger charge is -2.14. The zero-order valence-electron chi connectivity index (χ0n) is 53.8. The van der Waals surface area contributed by atoms with E-state index in [0.29, 0.717) is 11.6 Å². The summed E-state index contributed by atoms with van der Waals surface area (Å²) in [5, 5.41) is 10.3. The molecule has 8 heteroatoms. The highest BCUT2D eigenvalue weighted by molar-refractivity contribution is 7.27. The molecule has 0 aliphatic heterocycles. The van der Waals surface area contributed by atoms with Crippen LogP contribution in [-0.4, -0.2) is 19.9 Å². The third-order valence-electron chi connectivity index (χ3n) is 19.0. The lowest BCUT2D eigenvalue weighted by atomic mass is 9.94. The van der Waals surface area contributed by atoms with E-state index in [-0.39, 0.29) is 0 Å². The van der Waals surface area contributed by atoms with Crippen molar-refractivity contribution >= 4 is 126 Å². The Morgan fingerprint density at radius 2 is 0.440 bits per heavy atom. The highest BCUT2D eigenvalue weighted by Crippen LogP contribution is 2.47. The molecule has 6 heterocycles. The molecule has 0 spiro atoms. The maximum Gasteiger partial charge on any atom is 0.160 e. The maximum absolute atomic E-state index is 5.26. The smallest absolute Gasteiger partial charge is 0.160 e. The first-order valence-corrected chi connectivity index (χ1v) is 36.7. The van der Waals surface area contributed by atoms with Gasteiger partial charge in [-0.3, -0.25) is 0 Å². The Hall–Kier alpha value is -11.9. The SMILES string of the molecule is c1ccc(-c2cc(-c3ccccc3)nc(-c3cc(-c4ccc5sc6ccccc6c5c4)cc(-c4ccc5sc6ccccc6c5c4)c3)n2)cc1.c1ccc(-c2cc(-c3ccccc3)nc(-c3cc(-c4cccc5c4sc4ccccc45)cc(-c4cccc5c4sc4ccccc45)c3)n2)cc1. The fraction of sp³-hybridized carbons (Fsp3) is 0. The van der Waals surface area contributed by atoms with Crippen LogP contribution in [0.2, 0.25) is 0 Å². The molecule has 0 amide bonds. The number of fused-ring (bicyclic) bond motifs is 12. The van der Waals surface area contributed by atoms with Crippen molar-refractivity contribution in [3.8, 4) is 112 Å². The van der Waals surface area contributed by atoms with E-state index < -0.39 is 0 Å². The molecule has 100 heavy (non-hydrogen) atoms. The van der Waals surface area contributed by atoms with Crippen molar-refractivity contribution in [2.24, 2.45) is 0 Å². The van der Waals surface area contributed by atoms with Crippen LogP contribution in [-0.2, 0) is 0 Å². The van der Waals surface area contributed by atoms with E-state index in [4.69, 9.17) is 19.9 Å². The average molecular weight is 1350 g/mol. The van der Waals surface area contributed by atoms with Crippen molar-refractivity contribution in [3.05, 3.63) is 340 Å². The highest BCUT2D eigenvalue weighted by atomic mass is 32.1. The molecule has 0 atom stereocenters. The molecule has 468 valence electrons. The van der Waals surface area contributed by atoms with Gasteiger partial charge in [0.2, 0.25) is 0 Å². The molecule has 0 fully saturated rings. The molecule has 4 nitrogen and oxygen atoms in total. The van der Waals surface area contributed by atoms with E-state index in [0.717, 1.165) is 78.4 Å². The van der Waals surface area contributed by atoms with E-state index >= 15 is 0 Å². The molecule has 0 saturated heterocycles. The van der Waals surface area contributed by atoms with Crippen LogP contribution in [0.25, 0.3) is 193 Å². The zero-order chi connectivity index (χ0) is 66.0. The van der Waals surface area contributed by atoms with Crippen LogP contribution in [0, 0.1) is 0 Å². The standard InChI is InChI=1S/2C46H28N2S2/c1-3-13-29(14-4-1)40-28-41(30-15-5-2-6-16-30)48-46(47-40)33-26-31(34-19-11-21-38-36-17-7-9-23-42(36)49-44(34)38)25-32(27-33)35-20-12-22-39-37-18-8-10-24-43(37)50-45(35)39;1-3-11-29(12-4-1)40-28-41(30-13-5-2-6-14-30)48-46(47-40)35-24-33(31-19-21-44-38(26-31)36-15-7-9-17-42(36)49-44)23-34(25-35)32-20-22-45-39(27-32)37-16-8-10-18-43(37)50-45/h2*1-28H. The van der Waals surface area contributed by atoms with Gasteiger partial charge in [0, 0.05) is 114 Å². The van der Waals surface area contributed by atoms with Crippen molar-refractivity contribution in [1.29, 1.82) is 0 Å². The molecular weight excluding hydrogens is 1290 g/mol. The third-order valence-corrected chi connectivity index (χ3v) is 23.7. The molecule has 20 aromatic rings. The second-order valence-corrected chi connectivity index (χ2v) is 29.4. The van der Waals surface area contributed by atoms with E-state index in [2.05, 4.69) is 315 Å². The van der Waals surface area contributed by atoms with Crippen LogP contribution in [0.1, 0.15) is 0 Å². The number of aromatic nitrogens is 4. The summed E-state index contributed by atoms with van der Waals surface area (Å²) in [5.41, 5.74) is 19.2. The minimum atomic E-state index is 0.706. The summed E-state index contributed by atoms with van der Waals surface area (Å²) in [4.78, 5) is 21.0. The molecule has 0 unspecified atom stereocenters. The van der Waals surface area contributed by atoms with Crippen LogP contribution in [0.3, 0.4) is 0 Å². The van der Waals surface area contributed by atoms with Crippen LogP contribution >= 0.6 is 45.3 Å². The summed E-state index contributed by atoms with van der Waals surface area (Å²) in [6.45, 7) is 0. The summed E-state index contributed by atoms with van der Waals surface area (Å²) in [6, 6.07) is 122. The summed E-state index contributed by atoms with van der Waals surface area (Å²) < 4.78 is 10.4. The van der Waals surface area contributed by atoms with Crippen LogP contribution in [0.4, 0.5) is 0 Å². The van der Waals surface area contributed by atoms with Gasteiger partial charge in [-0.1, -0.05) is 243 Å². The summed E-state index contributed by atoms with van der Waals surface area (Å²) in [7, 11) is 0. The molecule has 0 aliphatic rings. The number of rotatable bonds is 10. The zero-order valence-corrected chi connectivity index (χ0v) is 57.0. The van der Waals surface area contributed by atoms with Gasteiger partial charge in [-0.2, -0.15) is 0 Å². The first kappa shape index (κ1) is 59.4. The van der Waals surface area contributed by atoms with Gasteiger partial charge in [-0.05, 0) is 142 Å². The molecule has 0 N–H and O–H groups in total. The van der Waals surface area contributed by atoms with Crippen molar-refractivity contribution in [2.45, 2.75) is 0 Å². The van der Waals surface area contributed by atoms with Gasteiger partial charge in [0.05, 0.1) is 22.8 Å². The largest absolute Gasteiger partial charge is 0.228 e. The summed E-state index contributed by atoms with van der Waals surface area (Å²) in [6.07, 6.45) is 0. The minimum Gasteiger partial charge on any atom is -0.228 e. The van der Waals surface area contributed by atoms with E-state index in [1.54, 1.807) is 0 Å². The molecule has 20 rings (SSSR count). The fourth-order valence-electron chi connectivity index (χ4n) is 14.1. The molecule has 0 aliphatic carbocycles. The van der Waals surface area contributed by atoms with Gasteiger partial charge in [-0.15, -0.1) is 45.3 Å². The Morgan fingerprint density at radius 1 is 0.160 bits per heavy atom. The Labute approximate surface area is 593 Å². The van der Waals surface area contributed by atoms with Crippen LogP contribution < -0.4 is 0 Å². The van der Waals surface area contributed by atoms with Gasteiger partial charge in [0.25, 0.3) is 0 Å². The van der Waals surface area contributed by atoms with Crippen LogP contribution in [0.15, 0.2) is 340 Å². The molecule has 0 saturated carbocycles. The van der Waals surface area contributed by atoms with Crippen molar-refractivity contribution in [1.82, 2.24) is 19.9 Å². The second-order valence-electron chi connectivity index (χ2n) is 25.2. The predicted molar refractivity (Wildman–Crippen MR) is 430 cm³/mol. The Morgan fingerprint density at radius 3 is 0.810 bits per heavy atom. The quantitative estimate of drug-likeness (QED) is 0.137. The number of hydrogen-bond donors (Lipinski definition) is 0. The lowest BCUT2D eigenvalue weighted by molar-refractivity contribution is 1.18. The molecule has 6 aromatic heterocycles. The first-order valence-electron chi connectivity index (χ1n) is 33.5. The van der Waals surface area contributed by atoms with Gasteiger partial charge < -0.3 is 0 Å². The van der Waals surface area contributed by atoms with E-state index in [1.165, 1.54) is 103 Å². The third kappa shape index (κ3) is 11.0. The minimum absolute atomic E-state index is 0.706. The van der Waals surface area contributed by atoms with Crippen LogP contribution in [0.5, 0.6) is 0 Å².